The Kier molecular flexibility index (Phi) is 3.04. The fraction of sp³-hybridized carbons (Fsp3) is 0.529. The number of hydrogen-bond acceptors (Lipinski definition) is 2. The molecule has 1 fully saturated rings. The van der Waals surface area contributed by atoms with Crippen LogP contribution in [-0.4, -0.2) is 36.6 Å². The minimum atomic E-state index is 0.479. The van der Waals surface area contributed by atoms with E-state index in [2.05, 4.69) is 40.4 Å². The Morgan fingerprint density at radius 1 is 1.20 bits per heavy atom. The first kappa shape index (κ1) is 12.4. The van der Waals surface area contributed by atoms with Gasteiger partial charge in [-0.3, -0.25) is 0 Å². The van der Waals surface area contributed by atoms with Gasteiger partial charge >= 0.3 is 0 Å². The van der Waals surface area contributed by atoms with Gasteiger partial charge in [0.15, 0.2) is 0 Å². The van der Waals surface area contributed by atoms with Gasteiger partial charge in [-0.1, -0.05) is 6.07 Å². The van der Waals surface area contributed by atoms with Crippen LogP contribution in [0.4, 0.5) is 0 Å². The van der Waals surface area contributed by atoms with Gasteiger partial charge in [0.2, 0.25) is 0 Å². The summed E-state index contributed by atoms with van der Waals surface area (Å²) in [6.07, 6.45) is 5.15. The average molecular weight is 269 g/mol. The lowest BCUT2D eigenvalue weighted by Crippen LogP contribution is -2.43. The van der Waals surface area contributed by atoms with Crippen LogP contribution in [0.2, 0.25) is 0 Å². The zero-order chi connectivity index (χ0) is 13.5. The molecule has 20 heavy (non-hydrogen) atoms. The molecule has 106 valence electrons. The highest BCUT2D eigenvalue weighted by Crippen LogP contribution is 2.31. The maximum absolute atomic E-state index is 3.65. The Morgan fingerprint density at radius 3 is 3.00 bits per heavy atom. The van der Waals surface area contributed by atoms with Gasteiger partial charge in [-0.05, 0) is 56.0 Å². The third-order valence-corrected chi connectivity index (χ3v) is 4.90. The number of aryl methyl sites for hydroxylation is 2. The van der Waals surface area contributed by atoms with Crippen molar-refractivity contribution >= 4 is 10.9 Å². The van der Waals surface area contributed by atoms with E-state index in [1.165, 1.54) is 47.8 Å². The van der Waals surface area contributed by atoms with Gasteiger partial charge in [0.1, 0.15) is 0 Å². The first-order valence-corrected chi connectivity index (χ1v) is 7.86. The summed E-state index contributed by atoms with van der Waals surface area (Å²) in [5.41, 5.74) is 5.83. The number of nitrogens with zero attached hydrogens (tertiary/aromatic N) is 1. The van der Waals surface area contributed by atoms with E-state index in [0.29, 0.717) is 6.04 Å². The van der Waals surface area contributed by atoms with Crippen molar-refractivity contribution in [2.24, 2.45) is 0 Å². The number of likely N-dealkylation sites (N-methyl/N-ethyl adjacent to an activating group) is 1. The van der Waals surface area contributed by atoms with Crippen molar-refractivity contribution in [1.82, 2.24) is 15.2 Å². The third kappa shape index (κ3) is 2.05. The number of rotatable bonds is 1. The molecule has 1 saturated heterocycles. The summed E-state index contributed by atoms with van der Waals surface area (Å²) < 4.78 is 0. The van der Waals surface area contributed by atoms with Crippen LogP contribution in [0.5, 0.6) is 0 Å². The molecule has 4 rings (SSSR count). The number of nitrogens with one attached hydrogen (secondary N) is 2. The predicted molar refractivity (Wildman–Crippen MR) is 83.2 cm³/mol. The summed E-state index contributed by atoms with van der Waals surface area (Å²) in [5.74, 6) is 0. The minimum absolute atomic E-state index is 0.479. The van der Waals surface area contributed by atoms with Crippen LogP contribution in [0.15, 0.2) is 18.2 Å². The molecule has 1 aromatic carbocycles. The normalized spacial score (nSPS) is 23.9. The van der Waals surface area contributed by atoms with Gasteiger partial charge < -0.3 is 15.2 Å². The van der Waals surface area contributed by atoms with Crippen molar-refractivity contribution in [3.63, 3.8) is 0 Å². The van der Waals surface area contributed by atoms with Gasteiger partial charge in [0, 0.05) is 42.3 Å². The van der Waals surface area contributed by atoms with Gasteiger partial charge in [-0.15, -0.1) is 0 Å². The largest absolute Gasteiger partial charge is 0.358 e. The molecule has 2 heterocycles. The molecular formula is C17H23N3. The fourth-order valence-corrected chi connectivity index (χ4v) is 3.76. The maximum atomic E-state index is 3.65. The molecule has 2 aliphatic rings. The van der Waals surface area contributed by atoms with E-state index in [9.17, 15) is 0 Å². The van der Waals surface area contributed by atoms with Crippen molar-refractivity contribution < 1.29 is 0 Å². The number of hydrogen-bond donors (Lipinski definition) is 2. The van der Waals surface area contributed by atoms with E-state index in [1.54, 1.807) is 5.56 Å². The summed E-state index contributed by atoms with van der Waals surface area (Å²) in [6, 6.07) is 7.47. The number of aromatic amines is 1. The first-order chi connectivity index (χ1) is 9.81. The second-order valence-corrected chi connectivity index (χ2v) is 6.36. The highest BCUT2D eigenvalue weighted by Gasteiger charge is 2.20. The van der Waals surface area contributed by atoms with E-state index < -0.39 is 0 Å². The van der Waals surface area contributed by atoms with Crippen LogP contribution >= 0.6 is 0 Å². The SMILES string of the molecule is CN1CCNC(c2ccc3[nH]c4c(c3c2)CCCC4)C1. The molecule has 3 heteroatoms. The monoisotopic (exact) mass is 269 g/mol. The lowest BCUT2D eigenvalue weighted by atomic mass is 9.94. The van der Waals surface area contributed by atoms with Crippen LogP contribution in [0.3, 0.4) is 0 Å². The van der Waals surface area contributed by atoms with E-state index in [4.69, 9.17) is 0 Å². The molecule has 0 spiro atoms. The van der Waals surface area contributed by atoms with Gasteiger partial charge in [0.05, 0.1) is 0 Å². The zero-order valence-corrected chi connectivity index (χ0v) is 12.2. The Morgan fingerprint density at radius 2 is 2.10 bits per heavy atom. The number of benzene rings is 1. The van der Waals surface area contributed by atoms with Crippen LogP contribution in [0.25, 0.3) is 10.9 Å². The number of aromatic nitrogens is 1. The Bertz CT molecular complexity index is 628. The molecule has 0 saturated carbocycles. The number of fused-ring (bicyclic) bond motifs is 3. The fourth-order valence-electron chi connectivity index (χ4n) is 3.76. The second kappa shape index (κ2) is 4.90. The van der Waals surface area contributed by atoms with Crippen LogP contribution < -0.4 is 5.32 Å². The molecule has 0 bridgehead atoms. The summed E-state index contributed by atoms with van der Waals surface area (Å²) in [7, 11) is 2.21. The van der Waals surface area contributed by atoms with E-state index >= 15 is 0 Å². The van der Waals surface area contributed by atoms with Gasteiger partial charge in [-0.25, -0.2) is 0 Å². The molecule has 0 amide bonds. The van der Waals surface area contributed by atoms with Crippen LogP contribution in [-0.2, 0) is 12.8 Å². The molecule has 3 nitrogen and oxygen atoms in total. The van der Waals surface area contributed by atoms with E-state index in [0.717, 1.165) is 19.6 Å². The zero-order valence-electron chi connectivity index (χ0n) is 12.2. The Hall–Kier alpha value is -1.32. The summed E-state index contributed by atoms with van der Waals surface area (Å²) in [5, 5.41) is 5.12. The molecule has 1 aromatic heterocycles. The summed E-state index contributed by atoms with van der Waals surface area (Å²) >= 11 is 0. The number of piperazine rings is 1. The van der Waals surface area contributed by atoms with Crippen molar-refractivity contribution in [3.8, 4) is 0 Å². The quantitative estimate of drug-likeness (QED) is 0.834. The van der Waals surface area contributed by atoms with Gasteiger partial charge in [-0.2, -0.15) is 0 Å². The molecule has 1 atom stereocenters. The molecule has 1 aliphatic carbocycles. The smallest absolute Gasteiger partial charge is 0.0459 e. The van der Waals surface area contributed by atoms with Crippen molar-refractivity contribution in [1.29, 1.82) is 0 Å². The molecule has 1 aliphatic heterocycles. The molecule has 1 unspecified atom stereocenters. The molecular weight excluding hydrogens is 246 g/mol. The lowest BCUT2D eigenvalue weighted by Gasteiger charge is -2.31. The first-order valence-electron chi connectivity index (χ1n) is 7.86. The highest BCUT2D eigenvalue weighted by atomic mass is 15.2. The van der Waals surface area contributed by atoms with Crippen molar-refractivity contribution in [2.45, 2.75) is 31.7 Å². The predicted octanol–water partition coefficient (Wildman–Crippen LogP) is 2.62. The van der Waals surface area contributed by atoms with Crippen molar-refractivity contribution in [2.75, 3.05) is 26.7 Å². The lowest BCUT2D eigenvalue weighted by molar-refractivity contribution is 0.241. The summed E-state index contributed by atoms with van der Waals surface area (Å²) in [4.78, 5) is 6.04. The average Bonchev–Trinajstić information content (AvgIpc) is 2.85. The van der Waals surface area contributed by atoms with E-state index in [-0.39, 0.29) is 0 Å². The van der Waals surface area contributed by atoms with E-state index in [1.807, 2.05) is 0 Å². The Balaban J connectivity index is 1.74. The minimum Gasteiger partial charge on any atom is -0.358 e. The number of H-pyrrole nitrogens is 1. The highest BCUT2D eigenvalue weighted by molar-refractivity contribution is 5.85. The Labute approximate surface area is 120 Å². The second-order valence-electron chi connectivity index (χ2n) is 6.36. The van der Waals surface area contributed by atoms with Crippen LogP contribution in [0.1, 0.15) is 35.7 Å². The maximum Gasteiger partial charge on any atom is 0.0459 e. The summed E-state index contributed by atoms with van der Waals surface area (Å²) in [6.45, 7) is 3.35. The van der Waals surface area contributed by atoms with Crippen LogP contribution in [0, 0.1) is 0 Å². The van der Waals surface area contributed by atoms with Gasteiger partial charge in [0.25, 0.3) is 0 Å². The van der Waals surface area contributed by atoms with Crippen molar-refractivity contribution in [3.05, 3.63) is 35.0 Å². The molecule has 2 aromatic rings. The molecule has 0 radical (unpaired) electrons. The molecule has 2 N–H and O–H groups in total. The standard InChI is InChI=1S/C17H23N3/c1-20-9-8-18-17(11-20)12-6-7-16-14(10-12)13-4-2-3-5-15(13)19-16/h6-7,10,17-19H,2-5,8-9,11H2,1H3. The topological polar surface area (TPSA) is 31.1 Å². The third-order valence-electron chi connectivity index (χ3n) is 4.90.